The number of hydrogen-bond acceptors (Lipinski definition) is 6. The molecule has 1 unspecified atom stereocenters. The van der Waals surface area contributed by atoms with Gasteiger partial charge in [0.05, 0.1) is 6.04 Å². The highest BCUT2D eigenvalue weighted by molar-refractivity contribution is 5.94. The van der Waals surface area contributed by atoms with E-state index >= 15 is 0 Å². The number of carbonyl (C=O) groups excluding carboxylic acids is 2. The van der Waals surface area contributed by atoms with Crippen LogP contribution in [-0.2, 0) is 11.3 Å². The van der Waals surface area contributed by atoms with Gasteiger partial charge in [-0.3, -0.25) is 14.5 Å². The topological polar surface area (TPSA) is 121 Å². The number of fused-ring (bicyclic) bond motifs is 3. The lowest BCUT2D eigenvalue weighted by Crippen LogP contribution is -2.53. The fraction of sp³-hybridized carbons (Fsp3) is 0.560. The first-order valence-electron chi connectivity index (χ1n) is 12.7. The number of benzene rings is 1. The maximum absolute atomic E-state index is 12.9. The normalized spacial score (nSPS) is 20.0. The van der Waals surface area contributed by atoms with Crippen molar-refractivity contribution in [3.63, 3.8) is 0 Å². The van der Waals surface area contributed by atoms with Crippen LogP contribution in [0.3, 0.4) is 0 Å². The van der Waals surface area contributed by atoms with Crippen LogP contribution in [0, 0.1) is 5.92 Å². The monoisotopic (exact) mass is 536 g/mol. The van der Waals surface area contributed by atoms with Crippen molar-refractivity contribution in [2.24, 2.45) is 5.92 Å². The molecule has 10 nitrogen and oxygen atoms in total. The van der Waals surface area contributed by atoms with E-state index < -0.39 is 12.1 Å². The van der Waals surface area contributed by atoms with Crippen LogP contribution in [0.4, 0.5) is 13.2 Å². The number of carbonyl (C=O) groups is 3. The Hall–Kier alpha value is -3.48. The first-order valence-corrected chi connectivity index (χ1v) is 12.7. The number of hydrogen-bond donors (Lipinski definition) is 2. The Kier molecular flexibility index (Phi) is 8.65. The van der Waals surface area contributed by atoms with E-state index in [4.69, 9.17) is 9.90 Å². The minimum atomic E-state index is -5.08. The molecule has 2 N–H and O–H groups in total. The van der Waals surface area contributed by atoms with Crippen LogP contribution in [0.5, 0.6) is 0 Å². The standard InChI is InChI=1S/C23H30N6O2.C2HF3O2/c30-22(24-15-17-7-3-1-4-8-17)21-26-25-20-19-16-28(12-11-27(19)13-14-29(20)21)23(31)18-9-5-2-6-10-18;3-2(4,5)1(6)7/h2,5-6,9-10,17,19H,1,3-4,7-8,11-16H2,(H,24,30);(H,6,7). The van der Waals surface area contributed by atoms with Gasteiger partial charge in [0.25, 0.3) is 11.8 Å². The Morgan fingerprint density at radius 1 is 0.974 bits per heavy atom. The number of alkyl halides is 3. The van der Waals surface area contributed by atoms with Gasteiger partial charge in [-0.2, -0.15) is 13.2 Å². The van der Waals surface area contributed by atoms with Crippen LogP contribution in [0.25, 0.3) is 0 Å². The molecule has 2 amide bonds. The zero-order valence-electron chi connectivity index (χ0n) is 20.9. The van der Waals surface area contributed by atoms with Gasteiger partial charge in [-0.15, -0.1) is 10.2 Å². The first-order chi connectivity index (χ1) is 18.1. The maximum Gasteiger partial charge on any atom is 0.490 e. The Morgan fingerprint density at radius 3 is 2.29 bits per heavy atom. The van der Waals surface area contributed by atoms with Crippen LogP contribution in [0.1, 0.15) is 64.9 Å². The van der Waals surface area contributed by atoms with Crippen molar-refractivity contribution in [1.82, 2.24) is 29.9 Å². The molecule has 0 spiro atoms. The average Bonchev–Trinajstić information content (AvgIpc) is 3.37. The van der Waals surface area contributed by atoms with Crippen LogP contribution < -0.4 is 5.32 Å². The molecule has 38 heavy (non-hydrogen) atoms. The third kappa shape index (κ3) is 6.50. The molecule has 13 heteroatoms. The summed E-state index contributed by atoms with van der Waals surface area (Å²) in [6, 6.07) is 9.37. The molecule has 5 rings (SSSR count). The second-order valence-electron chi connectivity index (χ2n) is 9.72. The molecule has 3 heterocycles. The van der Waals surface area contributed by atoms with Gasteiger partial charge in [0.2, 0.25) is 5.82 Å². The second-order valence-corrected chi connectivity index (χ2v) is 9.72. The summed E-state index contributed by atoms with van der Waals surface area (Å²) in [7, 11) is 0. The van der Waals surface area contributed by atoms with Crippen molar-refractivity contribution in [2.45, 2.75) is 50.9 Å². The van der Waals surface area contributed by atoms with Crippen molar-refractivity contribution in [3.05, 3.63) is 47.5 Å². The Labute approximate surface area is 217 Å². The van der Waals surface area contributed by atoms with E-state index in [0.717, 1.165) is 25.5 Å². The molecular weight excluding hydrogens is 505 g/mol. The molecule has 206 valence electrons. The Balaban J connectivity index is 0.000000426. The maximum atomic E-state index is 12.9. The Morgan fingerprint density at radius 2 is 1.63 bits per heavy atom. The van der Waals surface area contributed by atoms with Crippen LogP contribution in [-0.4, -0.2) is 86.4 Å². The van der Waals surface area contributed by atoms with Gasteiger partial charge < -0.3 is 19.9 Å². The number of nitrogens with zero attached hydrogens (tertiary/aromatic N) is 5. The number of rotatable bonds is 4. The van der Waals surface area contributed by atoms with E-state index in [0.29, 0.717) is 36.9 Å². The number of amides is 2. The lowest BCUT2D eigenvalue weighted by Gasteiger charge is -2.43. The van der Waals surface area contributed by atoms with E-state index in [2.05, 4.69) is 20.4 Å². The third-order valence-corrected chi connectivity index (χ3v) is 7.21. The molecule has 3 aliphatic rings. The van der Waals surface area contributed by atoms with Gasteiger partial charge >= 0.3 is 12.1 Å². The first kappa shape index (κ1) is 27.6. The minimum absolute atomic E-state index is 0.0254. The van der Waals surface area contributed by atoms with Gasteiger partial charge in [0.1, 0.15) is 0 Å². The largest absolute Gasteiger partial charge is 0.490 e. The highest BCUT2D eigenvalue weighted by Gasteiger charge is 2.39. The smallest absolute Gasteiger partial charge is 0.475 e. The predicted molar refractivity (Wildman–Crippen MR) is 129 cm³/mol. The zero-order valence-corrected chi connectivity index (χ0v) is 20.9. The highest BCUT2D eigenvalue weighted by atomic mass is 19.4. The predicted octanol–water partition coefficient (Wildman–Crippen LogP) is 2.73. The molecule has 1 aromatic heterocycles. The van der Waals surface area contributed by atoms with Gasteiger partial charge in [-0.25, -0.2) is 4.79 Å². The summed E-state index contributed by atoms with van der Waals surface area (Å²) >= 11 is 0. The lowest BCUT2D eigenvalue weighted by atomic mass is 9.89. The van der Waals surface area contributed by atoms with Crippen molar-refractivity contribution in [1.29, 1.82) is 0 Å². The van der Waals surface area contributed by atoms with Crippen molar-refractivity contribution >= 4 is 17.8 Å². The quantitative estimate of drug-likeness (QED) is 0.617. The highest BCUT2D eigenvalue weighted by Crippen LogP contribution is 2.29. The molecule has 2 aliphatic heterocycles. The molecule has 1 atom stereocenters. The fourth-order valence-corrected chi connectivity index (χ4v) is 5.17. The summed E-state index contributed by atoms with van der Waals surface area (Å²) < 4.78 is 33.7. The van der Waals surface area contributed by atoms with Gasteiger partial charge in [-0.05, 0) is 30.9 Å². The minimum Gasteiger partial charge on any atom is -0.475 e. The molecule has 0 bridgehead atoms. The van der Waals surface area contributed by atoms with Crippen LogP contribution >= 0.6 is 0 Å². The van der Waals surface area contributed by atoms with E-state index in [-0.39, 0.29) is 17.9 Å². The van der Waals surface area contributed by atoms with Gasteiger partial charge in [0.15, 0.2) is 5.82 Å². The number of carboxylic acids is 1. The van der Waals surface area contributed by atoms with E-state index in [1.54, 1.807) is 0 Å². The molecule has 2 aromatic rings. The van der Waals surface area contributed by atoms with Crippen molar-refractivity contribution in [2.75, 3.05) is 32.7 Å². The molecular formula is C25H31F3N6O4. The summed E-state index contributed by atoms with van der Waals surface area (Å²) in [6.45, 7) is 4.33. The summed E-state index contributed by atoms with van der Waals surface area (Å²) in [4.78, 5) is 38.9. The summed E-state index contributed by atoms with van der Waals surface area (Å²) in [6.07, 6.45) is 1.14. The molecule has 1 aliphatic carbocycles. The van der Waals surface area contributed by atoms with Crippen molar-refractivity contribution in [3.8, 4) is 0 Å². The number of nitrogens with one attached hydrogen (secondary N) is 1. The van der Waals surface area contributed by atoms with Gasteiger partial charge in [0, 0.05) is 44.8 Å². The third-order valence-electron chi connectivity index (χ3n) is 7.21. The van der Waals surface area contributed by atoms with E-state index in [1.165, 1.54) is 32.1 Å². The zero-order chi connectivity index (χ0) is 27.3. The lowest BCUT2D eigenvalue weighted by molar-refractivity contribution is -0.192. The Bertz CT molecular complexity index is 1130. The number of carboxylic acid groups (broad SMARTS) is 1. The summed E-state index contributed by atoms with van der Waals surface area (Å²) in [5, 5.41) is 18.9. The molecule has 2 fully saturated rings. The number of aromatic nitrogens is 3. The van der Waals surface area contributed by atoms with Crippen LogP contribution in [0.15, 0.2) is 30.3 Å². The number of piperazine rings is 1. The molecule has 1 saturated carbocycles. The fourth-order valence-electron chi connectivity index (χ4n) is 5.17. The summed E-state index contributed by atoms with van der Waals surface area (Å²) in [5.74, 6) is -1.08. The summed E-state index contributed by atoms with van der Waals surface area (Å²) in [5.41, 5.74) is 0.705. The van der Waals surface area contributed by atoms with E-state index in [9.17, 15) is 22.8 Å². The second kappa shape index (κ2) is 11.9. The van der Waals surface area contributed by atoms with Gasteiger partial charge in [-0.1, -0.05) is 37.5 Å². The number of aliphatic carboxylic acids is 1. The number of halogens is 3. The molecule has 0 radical (unpaired) electrons. The van der Waals surface area contributed by atoms with Crippen molar-refractivity contribution < 1.29 is 32.7 Å². The van der Waals surface area contributed by atoms with Crippen LogP contribution in [0.2, 0.25) is 0 Å². The van der Waals surface area contributed by atoms with E-state index in [1.807, 2.05) is 39.8 Å². The molecule has 1 aromatic carbocycles. The average molecular weight is 537 g/mol. The molecule has 1 saturated heterocycles. The SMILES string of the molecule is O=C(NCC1CCCCC1)c1nnc2n1CCN1CCN(C(=O)c3ccccc3)CC21.O=C(O)C(F)(F)F.